The van der Waals surface area contributed by atoms with Crippen molar-refractivity contribution >= 4 is 10.8 Å². The molecule has 0 aliphatic heterocycles. The zero-order chi connectivity index (χ0) is 15.1. The van der Waals surface area contributed by atoms with Gasteiger partial charge in [-0.25, -0.2) is 0 Å². The van der Waals surface area contributed by atoms with Crippen molar-refractivity contribution in [1.82, 2.24) is 0 Å². The standard InChI is InChI=1S/C19H26O2/c1-4-6-13-20-17-10-8-9-16-12-11-15(3)19(18(16)17)21-14-7-5-2/h8-12H,4-7,13-14H2,1-3H3. The molecule has 0 aliphatic rings. The van der Waals surface area contributed by atoms with Gasteiger partial charge < -0.3 is 9.47 Å². The van der Waals surface area contributed by atoms with E-state index < -0.39 is 0 Å². The number of fused-ring (bicyclic) bond motifs is 1. The van der Waals surface area contributed by atoms with Gasteiger partial charge in [0.25, 0.3) is 0 Å². The molecule has 2 rings (SSSR count). The van der Waals surface area contributed by atoms with Crippen molar-refractivity contribution in [3.8, 4) is 11.5 Å². The normalized spacial score (nSPS) is 10.8. The first-order valence-electron chi connectivity index (χ1n) is 8.05. The Hall–Kier alpha value is -1.70. The molecule has 114 valence electrons. The van der Waals surface area contributed by atoms with Crippen LogP contribution < -0.4 is 9.47 Å². The van der Waals surface area contributed by atoms with Gasteiger partial charge in [-0.05, 0) is 36.8 Å². The van der Waals surface area contributed by atoms with Gasteiger partial charge in [0.15, 0.2) is 0 Å². The summed E-state index contributed by atoms with van der Waals surface area (Å²) in [6, 6.07) is 10.5. The highest BCUT2D eigenvalue weighted by Gasteiger charge is 2.11. The molecule has 2 aromatic carbocycles. The van der Waals surface area contributed by atoms with Gasteiger partial charge in [0.1, 0.15) is 11.5 Å². The minimum Gasteiger partial charge on any atom is -0.493 e. The van der Waals surface area contributed by atoms with E-state index in [0.29, 0.717) is 0 Å². The zero-order valence-corrected chi connectivity index (χ0v) is 13.4. The Kier molecular flexibility index (Phi) is 5.91. The molecular formula is C19H26O2. The molecule has 0 N–H and O–H groups in total. The summed E-state index contributed by atoms with van der Waals surface area (Å²) in [5, 5.41) is 2.30. The van der Waals surface area contributed by atoms with Gasteiger partial charge in [-0.2, -0.15) is 0 Å². The molecule has 0 aliphatic carbocycles. The Labute approximate surface area is 128 Å². The monoisotopic (exact) mass is 286 g/mol. The van der Waals surface area contributed by atoms with Crippen LogP contribution in [0.5, 0.6) is 11.5 Å². The topological polar surface area (TPSA) is 18.5 Å². The predicted molar refractivity (Wildman–Crippen MR) is 89.5 cm³/mol. The molecule has 21 heavy (non-hydrogen) atoms. The van der Waals surface area contributed by atoms with Crippen molar-refractivity contribution in [1.29, 1.82) is 0 Å². The van der Waals surface area contributed by atoms with E-state index in [1.165, 1.54) is 10.9 Å². The molecule has 0 bridgehead atoms. The summed E-state index contributed by atoms with van der Waals surface area (Å²) in [7, 11) is 0. The first kappa shape index (κ1) is 15.7. The lowest BCUT2D eigenvalue weighted by molar-refractivity contribution is 0.301. The molecule has 0 aromatic heterocycles. The number of ether oxygens (including phenoxy) is 2. The van der Waals surface area contributed by atoms with E-state index in [1.54, 1.807) is 0 Å². The Morgan fingerprint density at radius 1 is 0.857 bits per heavy atom. The molecule has 2 heteroatoms. The van der Waals surface area contributed by atoms with Crippen LogP contribution in [0.2, 0.25) is 0 Å². The fourth-order valence-corrected chi connectivity index (χ4v) is 2.37. The van der Waals surface area contributed by atoms with Crippen LogP contribution in [-0.4, -0.2) is 13.2 Å². The highest BCUT2D eigenvalue weighted by Crippen LogP contribution is 2.36. The third kappa shape index (κ3) is 3.90. The van der Waals surface area contributed by atoms with E-state index in [9.17, 15) is 0 Å². The number of aryl methyl sites for hydroxylation is 1. The summed E-state index contributed by atoms with van der Waals surface area (Å²) < 4.78 is 12.0. The average molecular weight is 286 g/mol. The summed E-state index contributed by atoms with van der Waals surface area (Å²) >= 11 is 0. The number of unbranched alkanes of at least 4 members (excludes halogenated alkanes) is 2. The van der Waals surface area contributed by atoms with E-state index in [1.807, 2.05) is 6.07 Å². The van der Waals surface area contributed by atoms with Gasteiger partial charge in [-0.3, -0.25) is 0 Å². The van der Waals surface area contributed by atoms with E-state index in [2.05, 4.69) is 45.0 Å². The van der Waals surface area contributed by atoms with Crippen molar-refractivity contribution in [3.63, 3.8) is 0 Å². The van der Waals surface area contributed by atoms with Gasteiger partial charge >= 0.3 is 0 Å². The number of hydrogen-bond acceptors (Lipinski definition) is 2. The van der Waals surface area contributed by atoms with E-state index in [4.69, 9.17) is 9.47 Å². The van der Waals surface area contributed by atoms with Crippen LogP contribution in [0, 0.1) is 6.92 Å². The highest BCUT2D eigenvalue weighted by atomic mass is 16.5. The smallest absolute Gasteiger partial charge is 0.133 e. The second-order valence-electron chi connectivity index (χ2n) is 5.47. The highest BCUT2D eigenvalue weighted by molar-refractivity contribution is 5.94. The Bertz CT molecular complexity index is 575. The Morgan fingerprint density at radius 2 is 1.57 bits per heavy atom. The van der Waals surface area contributed by atoms with E-state index >= 15 is 0 Å². The van der Waals surface area contributed by atoms with Crippen LogP contribution in [0.4, 0.5) is 0 Å². The number of hydrogen-bond donors (Lipinski definition) is 0. The maximum atomic E-state index is 6.06. The molecular weight excluding hydrogens is 260 g/mol. The number of rotatable bonds is 8. The van der Waals surface area contributed by atoms with Gasteiger partial charge in [-0.15, -0.1) is 0 Å². The number of benzene rings is 2. The van der Waals surface area contributed by atoms with Crippen LogP contribution in [0.25, 0.3) is 10.8 Å². The van der Waals surface area contributed by atoms with Crippen LogP contribution in [0.3, 0.4) is 0 Å². The van der Waals surface area contributed by atoms with Crippen molar-refractivity contribution < 1.29 is 9.47 Å². The molecule has 0 spiro atoms. The first-order chi connectivity index (χ1) is 10.3. The second kappa shape index (κ2) is 7.92. The van der Waals surface area contributed by atoms with Crippen LogP contribution in [0.1, 0.15) is 45.1 Å². The van der Waals surface area contributed by atoms with Crippen LogP contribution >= 0.6 is 0 Å². The fourth-order valence-electron chi connectivity index (χ4n) is 2.37. The molecule has 0 fully saturated rings. The van der Waals surface area contributed by atoms with Gasteiger partial charge in [-0.1, -0.05) is 51.0 Å². The van der Waals surface area contributed by atoms with E-state index in [0.717, 1.165) is 55.8 Å². The molecule has 0 heterocycles. The average Bonchev–Trinajstić information content (AvgIpc) is 2.50. The lowest BCUT2D eigenvalue weighted by Gasteiger charge is -2.15. The van der Waals surface area contributed by atoms with Crippen molar-refractivity contribution in [3.05, 3.63) is 35.9 Å². The summed E-state index contributed by atoms with van der Waals surface area (Å²) in [6.45, 7) is 7.98. The Balaban J connectivity index is 2.36. The molecule has 0 atom stereocenters. The largest absolute Gasteiger partial charge is 0.493 e. The molecule has 0 amide bonds. The van der Waals surface area contributed by atoms with Gasteiger partial charge in [0, 0.05) is 0 Å². The maximum absolute atomic E-state index is 6.06. The van der Waals surface area contributed by atoms with Crippen molar-refractivity contribution in [2.45, 2.75) is 46.5 Å². The third-order valence-electron chi connectivity index (χ3n) is 3.66. The van der Waals surface area contributed by atoms with E-state index in [-0.39, 0.29) is 0 Å². The molecule has 0 saturated heterocycles. The van der Waals surface area contributed by atoms with Gasteiger partial charge in [0.2, 0.25) is 0 Å². The zero-order valence-electron chi connectivity index (χ0n) is 13.4. The summed E-state index contributed by atoms with van der Waals surface area (Å²) in [6.07, 6.45) is 4.44. The van der Waals surface area contributed by atoms with Crippen molar-refractivity contribution in [2.75, 3.05) is 13.2 Å². The quantitative estimate of drug-likeness (QED) is 0.596. The summed E-state index contributed by atoms with van der Waals surface area (Å²) in [5.41, 5.74) is 1.17. The maximum Gasteiger partial charge on any atom is 0.133 e. The molecule has 2 nitrogen and oxygen atoms in total. The lowest BCUT2D eigenvalue weighted by Crippen LogP contribution is -2.02. The van der Waals surface area contributed by atoms with Crippen molar-refractivity contribution in [2.24, 2.45) is 0 Å². The summed E-state index contributed by atoms with van der Waals surface area (Å²) in [4.78, 5) is 0. The van der Waals surface area contributed by atoms with Gasteiger partial charge in [0.05, 0.1) is 18.6 Å². The minimum atomic E-state index is 0.762. The molecule has 0 radical (unpaired) electrons. The predicted octanol–water partition coefficient (Wildman–Crippen LogP) is 5.51. The fraction of sp³-hybridized carbons (Fsp3) is 0.474. The second-order valence-corrected chi connectivity index (χ2v) is 5.47. The molecule has 2 aromatic rings. The lowest BCUT2D eigenvalue weighted by atomic mass is 10.0. The van der Waals surface area contributed by atoms with Crippen LogP contribution in [0.15, 0.2) is 30.3 Å². The Morgan fingerprint density at radius 3 is 2.29 bits per heavy atom. The SMILES string of the molecule is CCCCOc1cccc2ccc(C)c(OCCCC)c12. The molecule has 0 unspecified atom stereocenters. The van der Waals surface area contributed by atoms with Crippen LogP contribution in [-0.2, 0) is 0 Å². The minimum absolute atomic E-state index is 0.762. The molecule has 0 saturated carbocycles. The summed E-state index contributed by atoms with van der Waals surface area (Å²) in [5.74, 6) is 1.92. The first-order valence-corrected chi connectivity index (χ1v) is 8.05. The third-order valence-corrected chi connectivity index (χ3v) is 3.66.